The minimum absolute atomic E-state index is 0.0431. The standard InChI is InChI=1S/C23H23F2N3O4/c1-14-12-17(21(29)26-16-10-8-15(9-11-16)23(2,3)31)22(30)28(27-14)18-6-4-5-7-19(18)32-13-20(24)25/h4-12,20,31H,13H2,1-3H3,(H,26,29). The Morgan fingerprint density at radius 1 is 1.19 bits per heavy atom. The normalized spacial score (nSPS) is 11.5. The van der Waals surface area contributed by atoms with Crippen molar-refractivity contribution in [2.75, 3.05) is 11.9 Å². The predicted octanol–water partition coefficient (Wildman–Crippen LogP) is 3.66. The van der Waals surface area contributed by atoms with Crippen LogP contribution in [0.25, 0.3) is 5.69 Å². The molecule has 3 rings (SSSR count). The van der Waals surface area contributed by atoms with E-state index in [1.165, 1.54) is 18.2 Å². The fourth-order valence-electron chi connectivity index (χ4n) is 3.01. The highest BCUT2D eigenvalue weighted by Crippen LogP contribution is 2.23. The van der Waals surface area contributed by atoms with E-state index >= 15 is 0 Å². The van der Waals surface area contributed by atoms with Crippen LogP contribution in [0.4, 0.5) is 14.5 Å². The van der Waals surface area contributed by atoms with E-state index in [0.717, 1.165) is 4.68 Å². The Bertz CT molecular complexity index is 1170. The molecule has 0 radical (unpaired) electrons. The number of carbonyl (C=O) groups excluding carboxylic acids is 1. The summed E-state index contributed by atoms with van der Waals surface area (Å²) in [5.41, 5.74) is -0.316. The molecule has 0 aliphatic carbocycles. The Kier molecular flexibility index (Phi) is 6.69. The second-order valence-corrected chi connectivity index (χ2v) is 7.68. The number of carbonyl (C=O) groups is 1. The number of nitrogens with one attached hydrogen (secondary N) is 1. The minimum atomic E-state index is -2.69. The van der Waals surface area contributed by atoms with E-state index in [9.17, 15) is 23.5 Å². The van der Waals surface area contributed by atoms with E-state index in [1.807, 2.05) is 0 Å². The van der Waals surface area contributed by atoms with Crippen molar-refractivity contribution in [1.82, 2.24) is 9.78 Å². The first-order valence-electron chi connectivity index (χ1n) is 9.82. The topological polar surface area (TPSA) is 93.5 Å². The van der Waals surface area contributed by atoms with E-state index in [1.54, 1.807) is 57.2 Å². The Balaban J connectivity index is 1.94. The molecule has 0 aliphatic rings. The molecule has 1 aromatic heterocycles. The molecule has 9 heteroatoms. The average molecular weight is 443 g/mol. The van der Waals surface area contributed by atoms with Crippen LogP contribution in [0, 0.1) is 6.92 Å². The highest BCUT2D eigenvalue weighted by atomic mass is 19.3. The lowest BCUT2D eigenvalue weighted by Gasteiger charge is -2.18. The zero-order chi connectivity index (χ0) is 23.5. The Hall–Kier alpha value is -3.59. The number of amides is 1. The number of ether oxygens (including phenoxy) is 1. The summed E-state index contributed by atoms with van der Waals surface area (Å²) in [6, 6.07) is 14.0. The molecule has 0 atom stereocenters. The van der Waals surface area contributed by atoms with Gasteiger partial charge in [0.05, 0.1) is 11.3 Å². The zero-order valence-corrected chi connectivity index (χ0v) is 17.8. The Morgan fingerprint density at radius 3 is 2.47 bits per heavy atom. The second-order valence-electron chi connectivity index (χ2n) is 7.68. The maximum atomic E-state index is 13.0. The molecule has 0 saturated carbocycles. The van der Waals surface area contributed by atoms with Gasteiger partial charge in [0.25, 0.3) is 17.9 Å². The maximum Gasteiger partial charge on any atom is 0.284 e. The maximum absolute atomic E-state index is 13.0. The number of alkyl halides is 2. The van der Waals surface area contributed by atoms with Crippen LogP contribution in [-0.4, -0.2) is 33.8 Å². The van der Waals surface area contributed by atoms with Crippen LogP contribution in [0.5, 0.6) is 5.75 Å². The largest absolute Gasteiger partial charge is 0.485 e. The summed E-state index contributed by atoms with van der Waals surface area (Å²) in [7, 11) is 0. The van der Waals surface area contributed by atoms with E-state index in [-0.39, 0.29) is 17.0 Å². The van der Waals surface area contributed by atoms with Gasteiger partial charge in [-0.3, -0.25) is 9.59 Å². The third kappa shape index (κ3) is 5.36. The van der Waals surface area contributed by atoms with Gasteiger partial charge in [-0.05, 0) is 56.7 Å². The molecule has 2 N–H and O–H groups in total. The van der Waals surface area contributed by atoms with Gasteiger partial charge in [0, 0.05) is 5.69 Å². The summed E-state index contributed by atoms with van der Waals surface area (Å²) >= 11 is 0. The number of aliphatic hydroxyl groups is 1. The quantitative estimate of drug-likeness (QED) is 0.581. The summed E-state index contributed by atoms with van der Waals surface area (Å²) in [5.74, 6) is -0.613. The van der Waals surface area contributed by atoms with Gasteiger partial charge in [0.2, 0.25) is 0 Å². The number of rotatable bonds is 7. The van der Waals surface area contributed by atoms with Crippen LogP contribution >= 0.6 is 0 Å². The van der Waals surface area contributed by atoms with Crippen molar-refractivity contribution in [3.63, 3.8) is 0 Å². The molecule has 1 heterocycles. The number of benzene rings is 2. The van der Waals surface area contributed by atoms with Crippen molar-refractivity contribution in [3.05, 3.63) is 81.8 Å². The number of aryl methyl sites for hydroxylation is 1. The van der Waals surface area contributed by atoms with E-state index in [4.69, 9.17) is 4.74 Å². The van der Waals surface area contributed by atoms with Gasteiger partial charge in [-0.25, -0.2) is 8.78 Å². The zero-order valence-electron chi connectivity index (χ0n) is 17.8. The first kappa shape index (κ1) is 23.1. The predicted molar refractivity (Wildman–Crippen MR) is 116 cm³/mol. The third-order valence-electron chi connectivity index (χ3n) is 4.59. The van der Waals surface area contributed by atoms with Crippen LogP contribution in [0.1, 0.15) is 35.5 Å². The van der Waals surface area contributed by atoms with Crippen LogP contribution in [0.2, 0.25) is 0 Å². The van der Waals surface area contributed by atoms with Gasteiger partial charge in [0.1, 0.15) is 23.6 Å². The molecule has 168 valence electrons. The molecule has 2 aromatic carbocycles. The summed E-state index contributed by atoms with van der Waals surface area (Å²) in [6.07, 6.45) is -2.69. The molecule has 0 spiro atoms. The molecular weight excluding hydrogens is 420 g/mol. The smallest absolute Gasteiger partial charge is 0.284 e. The lowest BCUT2D eigenvalue weighted by Crippen LogP contribution is -2.31. The van der Waals surface area contributed by atoms with Gasteiger partial charge < -0.3 is 15.2 Å². The molecule has 3 aromatic rings. The third-order valence-corrected chi connectivity index (χ3v) is 4.59. The number of anilines is 1. The van der Waals surface area contributed by atoms with Gasteiger partial charge >= 0.3 is 0 Å². The van der Waals surface area contributed by atoms with Gasteiger partial charge in [-0.1, -0.05) is 24.3 Å². The molecule has 0 aliphatic heterocycles. The van der Waals surface area contributed by atoms with Gasteiger partial charge in [0.15, 0.2) is 0 Å². The minimum Gasteiger partial charge on any atom is -0.485 e. The highest BCUT2D eigenvalue weighted by Gasteiger charge is 2.19. The number of hydrogen-bond acceptors (Lipinski definition) is 5. The second kappa shape index (κ2) is 9.27. The molecular formula is C23H23F2N3O4. The first-order valence-corrected chi connectivity index (χ1v) is 9.82. The van der Waals surface area contributed by atoms with Crippen molar-refractivity contribution in [3.8, 4) is 11.4 Å². The molecule has 7 nitrogen and oxygen atoms in total. The Morgan fingerprint density at radius 2 is 1.84 bits per heavy atom. The number of aromatic nitrogens is 2. The molecule has 0 saturated heterocycles. The lowest BCUT2D eigenvalue weighted by atomic mass is 9.98. The number of para-hydroxylation sites is 2. The number of hydrogen-bond donors (Lipinski definition) is 2. The van der Waals surface area contributed by atoms with Crippen LogP contribution in [0.15, 0.2) is 59.4 Å². The van der Waals surface area contributed by atoms with Crippen LogP contribution in [-0.2, 0) is 5.60 Å². The van der Waals surface area contributed by atoms with Crippen LogP contribution < -0.4 is 15.6 Å². The Labute approximate surface area is 183 Å². The SMILES string of the molecule is Cc1cc(C(=O)Nc2ccc(C(C)(C)O)cc2)c(=O)n(-c2ccccc2OCC(F)F)n1. The summed E-state index contributed by atoms with van der Waals surface area (Å²) < 4.78 is 31.3. The molecule has 0 fully saturated rings. The molecule has 1 amide bonds. The molecule has 0 unspecified atom stereocenters. The summed E-state index contributed by atoms with van der Waals surface area (Å²) in [4.78, 5) is 25.9. The monoisotopic (exact) mass is 443 g/mol. The van der Waals surface area contributed by atoms with Crippen molar-refractivity contribution < 1.29 is 23.4 Å². The van der Waals surface area contributed by atoms with E-state index < -0.39 is 30.1 Å². The van der Waals surface area contributed by atoms with Crippen LogP contribution in [0.3, 0.4) is 0 Å². The van der Waals surface area contributed by atoms with Crippen molar-refractivity contribution in [2.45, 2.75) is 32.8 Å². The van der Waals surface area contributed by atoms with Crippen molar-refractivity contribution in [1.29, 1.82) is 0 Å². The van der Waals surface area contributed by atoms with Crippen molar-refractivity contribution in [2.24, 2.45) is 0 Å². The molecule has 32 heavy (non-hydrogen) atoms. The number of nitrogens with zero attached hydrogens (tertiary/aromatic N) is 2. The molecule has 0 bridgehead atoms. The van der Waals surface area contributed by atoms with Gasteiger partial charge in [-0.15, -0.1) is 0 Å². The summed E-state index contributed by atoms with van der Waals surface area (Å²) in [6.45, 7) is 4.05. The van der Waals surface area contributed by atoms with E-state index in [2.05, 4.69) is 10.4 Å². The van der Waals surface area contributed by atoms with Crippen molar-refractivity contribution >= 4 is 11.6 Å². The highest BCUT2D eigenvalue weighted by molar-refractivity contribution is 6.04. The summed E-state index contributed by atoms with van der Waals surface area (Å²) in [5, 5.41) is 16.8. The lowest BCUT2D eigenvalue weighted by molar-refractivity contribution is 0.0786. The first-order chi connectivity index (χ1) is 15.1. The van der Waals surface area contributed by atoms with E-state index in [0.29, 0.717) is 16.9 Å². The fraction of sp³-hybridized carbons (Fsp3) is 0.261. The fourth-order valence-corrected chi connectivity index (χ4v) is 3.01. The number of halogens is 2. The van der Waals surface area contributed by atoms with Gasteiger partial charge in [-0.2, -0.15) is 9.78 Å². The average Bonchev–Trinajstić information content (AvgIpc) is 2.73.